The van der Waals surface area contributed by atoms with Crippen LogP contribution in [0.15, 0.2) is 0 Å². The van der Waals surface area contributed by atoms with Crippen LogP contribution >= 0.6 is 0 Å². The van der Waals surface area contributed by atoms with Crippen LogP contribution < -0.4 is 0 Å². The van der Waals surface area contributed by atoms with E-state index in [-0.39, 0.29) is 5.92 Å². The van der Waals surface area contributed by atoms with Gasteiger partial charge in [0.15, 0.2) is 0 Å². The summed E-state index contributed by atoms with van der Waals surface area (Å²) < 4.78 is 0. The molecule has 0 saturated carbocycles. The molecule has 0 aromatic carbocycles. The summed E-state index contributed by atoms with van der Waals surface area (Å²) in [6, 6.07) is 0.568. The largest absolute Gasteiger partial charge is 0.342 e. The molecule has 1 amide bonds. The molecule has 144 valence electrons. The molecule has 0 aromatic heterocycles. The molecule has 1 spiro atoms. The average Bonchev–Trinajstić information content (AvgIpc) is 3.07. The number of hydrogen-bond donors (Lipinski definition) is 0. The zero-order valence-electron chi connectivity index (χ0n) is 17.0. The number of carbonyl (C=O) groups excluding carboxylic acids is 1. The Hall–Kier alpha value is -0.610. The second kappa shape index (κ2) is 7.96. The van der Waals surface area contributed by atoms with Gasteiger partial charge in [0, 0.05) is 32.2 Å². The fourth-order valence-electron chi connectivity index (χ4n) is 5.14. The van der Waals surface area contributed by atoms with Crippen molar-refractivity contribution >= 4 is 5.91 Å². The highest BCUT2D eigenvalue weighted by Gasteiger charge is 2.40. The van der Waals surface area contributed by atoms with Gasteiger partial charge in [-0.05, 0) is 76.9 Å². The van der Waals surface area contributed by atoms with Gasteiger partial charge < -0.3 is 14.7 Å². The Kier molecular flexibility index (Phi) is 6.10. The van der Waals surface area contributed by atoms with Crippen molar-refractivity contribution in [2.24, 2.45) is 17.3 Å². The number of hydrogen-bond acceptors (Lipinski definition) is 3. The lowest BCUT2D eigenvalue weighted by Gasteiger charge is -2.47. The lowest BCUT2D eigenvalue weighted by Crippen LogP contribution is -2.50. The summed E-state index contributed by atoms with van der Waals surface area (Å²) in [5, 5.41) is 0. The van der Waals surface area contributed by atoms with Crippen LogP contribution in [0.5, 0.6) is 0 Å². The average molecular weight is 350 g/mol. The Morgan fingerprint density at radius 1 is 0.960 bits per heavy atom. The first-order chi connectivity index (χ1) is 11.9. The maximum Gasteiger partial charge on any atom is 0.227 e. The van der Waals surface area contributed by atoms with Crippen LogP contribution in [0.25, 0.3) is 0 Å². The Morgan fingerprint density at radius 3 is 2.08 bits per heavy atom. The topological polar surface area (TPSA) is 26.8 Å². The van der Waals surface area contributed by atoms with Gasteiger partial charge in [-0.2, -0.15) is 0 Å². The first-order valence-corrected chi connectivity index (χ1v) is 10.6. The van der Waals surface area contributed by atoms with Gasteiger partial charge in [-0.25, -0.2) is 0 Å². The second-order valence-electron chi connectivity index (χ2n) is 9.59. The predicted octanol–water partition coefficient (Wildman–Crippen LogP) is 3.08. The van der Waals surface area contributed by atoms with E-state index >= 15 is 0 Å². The summed E-state index contributed by atoms with van der Waals surface area (Å²) >= 11 is 0. The quantitative estimate of drug-likeness (QED) is 0.780. The molecule has 4 nitrogen and oxygen atoms in total. The number of piperidine rings is 2. The summed E-state index contributed by atoms with van der Waals surface area (Å²) in [4.78, 5) is 20.2. The first kappa shape index (κ1) is 19.2. The van der Waals surface area contributed by atoms with Crippen LogP contribution in [0.2, 0.25) is 0 Å². The van der Waals surface area contributed by atoms with E-state index in [2.05, 4.69) is 42.4 Å². The number of likely N-dealkylation sites (tertiary alicyclic amines) is 3. The summed E-state index contributed by atoms with van der Waals surface area (Å²) in [5.74, 6) is 1.46. The van der Waals surface area contributed by atoms with Crippen molar-refractivity contribution in [3.8, 4) is 0 Å². The molecule has 0 bridgehead atoms. The maximum atomic E-state index is 12.9. The minimum absolute atomic E-state index is 0.254. The van der Waals surface area contributed by atoms with E-state index in [4.69, 9.17) is 0 Å². The van der Waals surface area contributed by atoms with E-state index in [0.29, 0.717) is 17.4 Å². The molecule has 3 rings (SSSR count). The molecule has 0 unspecified atom stereocenters. The van der Waals surface area contributed by atoms with Crippen molar-refractivity contribution in [1.82, 2.24) is 14.7 Å². The summed E-state index contributed by atoms with van der Waals surface area (Å²) in [6.45, 7) is 17.0. The van der Waals surface area contributed by atoms with E-state index in [1.165, 1.54) is 45.3 Å². The fourth-order valence-corrected chi connectivity index (χ4v) is 5.14. The van der Waals surface area contributed by atoms with Gasteiger partial charge in [0.1, 0.15) is 0 Å². The molecule has 3 fully saturated rings. The molecule has 0 aromatic rings. The predicted molar refractivity (Wildman–Crippen MR) is 104 cm³/mol. The van der Waals surface area contributed by atoms with Crippen LogP contribution in [0.3, 0.4) is 0 Å². The maximum absolute atomic E-state index is 12.9. The third-order valence-corrected chi connectivity index (χ3v) is 6.98. The van der Waals surface area contributed by atoms with E-state index in [9.17, 15) is 4.79 Å². The second-order valence-corrected chi connectivity index (χ2v) is 9.59. The molecule has 1 atom stereocenters. The van der Waals surface area contributed by atoms with Crippen molar-refractivity contribution in [2.75, 3.05) is 45.8 Å². The van der Waals surface area contributed by atoms with Gasteiger partial charge in [-0.1, -0.05) is 13.8 Å². The minimum Gasteiger partial charge on any atom is -0.342 e. The molecule has 0 radical (unpaired) electrons. The van der Waals surface area contributed by atoms with Gasteiger partial charge in [-0.3, -0.25) is 4.79 Å². The first-order valence-electron chi connectivity index (χ1n) is 10.6. The van der Waals surface area contributed by atoms with Gasteiger partial charge in [0.2, 0.25) is 5.91 Å². The van der Waals surface area contributed by atoms with E-state index in [1.807, 2.05) is 0 Å². The summed E-state index contributed by atoms with van der Waals surface area (Å²) in [6.07, 6.45) is 6.20. The van der Waals surface area contributed by atoms with Crippen molar-refractivity contribution in [3.63, 3.8) is 0 Å². The zero-order chi connectivity index (χ0) is 18.0. The smallest absolute Gasteiger partial charge is 0.227 e. The number of rotatable bonds is 4. The van der Waals surface area contributed by atoms with Crippen LogP contribution in [0, 0.1) is 17.3 Å². The van der Waals surface area contributed by atoms with Crippen molar-refractivity contribution in [1.29, 1.82) is 0 Å². The minimum atomic E-state index is 0.254. The fraction of sp³-hybridized carbons (Fsp3) is 0.952. The number of nitrogens with zero attached hydrogens (tertiary/aromatic N) is 3. The van der Waals surface area contributed by atoms with E-state index in [0.717, 1.165) is 38.5 Å². The van der Waals surface area contributed by atoms with Crippen molar-refractivity contribution in [2.45, 2.75) is 65.8 Å². The monoisotopic (exact) mass is 349 g/mol. The van der Waals surface area contributed by atoms with Gasteiger partial charge in [0.25, 0.3) is 0 Å². The molecule has 0 N–H and O–H groups in total. The highest BCUT2D eigenvalue weighted by molar-refractivity contribution is 5.79. The number of amides is 1. The van der Waals surface area contributed by atoms with Crippen molar-refractivity contribution in [3.05, 3.63) is 0 Å². The highest BCUT2D eigenvalue weighted by Crippen LogP contribution is 2.41. The summed E-state index contributed by atoms with van der Waals surface area (Å²) in [7, 11) is 0. The van der Waals surface area contributed by atoms with E-state index < -0.39 is 0 Å². The Labute approximate surface area is 154 Å². The van der Waals surface area contributed by atoms with Crippen LogP contribution in [0.4, 0.5) is 0 Å². The van der Waals surface area contributed by atoms with Gasteiger partial charge in [-0.15, -0.1) is 0 Å². The van der Waals surface area contributed by atoms with Gasteiger partial charge in [0.05, 0.1) is 5.92 Å². The lowest BCUT2D eigenvalue weighted by molar-refractivity contribution is -0.138. The van der Waals surface area contributed by atoms with Crippen molar-refractivity contribution < 1.29 is 4.79 Å². The van der Waals surface area contributed by atoms with E-state index in [1.54, 1.807) is 0 Å². The Bertz CT molecular complexity index is 444. The molecule has 3 heterocycles. The Balaban J connectivity index is 1.45. The normalized spacial score (nSPS) is 28.4. The molecule has 3 aliphatic heterocycles. The van der Waals surface area contributed by atoms with Crippen LogP contribution in [0.1, 0.15) is 59.8 Å². The third-order valence-electron chi connectivity index (χ3n) is 6.98. The number of carbonyl (C=O) groups is 1. The molecule has 0 aliphatic carbocycles. The van der Waals surface area contributed by atoms with Crippen LogP contribution in [-0.4, -0.2) is 72.5 Å². The zero-order valence-corrected chi connectivity index (χ0v) is 17.0. The molecule has 25 heavy (non-hydrogen) atoms. The Morgan fingerprint density at radius 2 is 1.56 bits per heavy atom. The molecular weight excluding hydrogens is 310 g/mol. The molecule has 4 heteroatoms. The molecule has 3 saturated heterocycles. The molecular formula is C21H39N3O. The standard InChI is InChI=1S/C21H39N3O/c1-17(2)15-22-11-6-21(7-12-22)8-13-23(14-9-21)20(25)19-5-10-24(16-19)18(3)4/h17-19H,5-16H2,1-4H3/t19-/m1/s1. The third kappa shape index (κ3) is 4.57. The lowest BCUT2D eigenvalue weighted by atomic mass is 9.71. The van der Waals surface area contributed by atoms with Crippen LogP contribution in [-0.2, 0) is 4.79 Å². The highest BCUT2D eigenvalue weighted by atomic mass is 16.2. The summed E-state index contributed by atoms with van der Waals surface area (Å²) in [5.41, 5.74) is 0.532. The molecule has 3 aliphatic rings. The SMILES string of the molecule is CC(C)CN1CCC2(CC1)CCN(C(=O)[C@@H]1CCN(C(C)C)C1)CC2. The van der Waals surface area contributed by atoms with Gasteiger partial charge >= 0.3 is 0 Å².